The second kappa shape index (κ2) is 8.15. The fourth-order valence-electron chi connectivity index (χ4n) is 1.79. The van der Waals surface area contributed by atoms with Crippen molar-refractivity contribution in [2.75, 3.05) is 13.1 Å². The van der Waals surface area contributed by atoms with Crippen LogP contribution in [0.5, 0.6) is 0 Å². The van der Waals surface area contributed by atoms with Crippen LogP contribution in [0.1, 0.15) is 25.8 Å². The van der Waals surface area contributed by atoms with Crippen molar-refractivity contribution in [1.29, 1.82) is 5.26 Å². The van der Waals surface area contributed by atoms with Crippen LogP contribution in [-0.2, 0) is 6.54 Å². The monoisotopic (exact) mass is 259 g/mol. The predicted molar refractivity (Wildman–Crippen MR) is 75.3 cm³/mol. The first-order valence-corrected chi connectivity index (χ1v) is 6.57. The van der Waals surface area contributed by atoms with Gasteiger partial charge in [-0.15, -0.1) is 0 Å². The van der Waals surface area contributed by atoms with Gasteiger partial charge in [0.1, 0.15) is 0 Å². The Morgan fingerprint density at radius 2 is 2.05 bits per heavy atom. The zero-order valence-electron chi connectivity index (χ0n) is 11.6. The van der Waals surface area contributed by atoms with Crippen LogP contribution in [0.15, 0.2) is 30.3 Å². The van der Waals surface area contributed by atoms with E-state index in [1.165, 1.54) is 0 Å². The van der Waals surface area contributed by atoms with Crippen molar-refractivity contribution in [1.82, 2.24) is 10.2 Å². The Bertz CT molecular complexity index is 423. The van der Waals surface area contributed by atoms with Gasteiger partial charge in [0.25, 0.3) is 0 Å². The molecular formula is C15H21N3O. The molecule has 0 aliphatic heterocycles. The standard InChI is InChI=1S/C15H21N3O/c1-13(2)12-18(10-6-9-16)15(19)17-11-14-7-4-3-5-8-14/h3-5,7-8,13H,6,10-12H2,1-2H3,(H,17,19). The average Bonchev–Trinajstić information content (AvgIpc) is 2.41. The van der Waals surface area contributed by atoms with Crippen LogP contribution >= 0.6 is 0 Å². The molecule has 4 nitrogen and oxygen atoms in total. The molecule has 102 valence electrons. The molecular weight excluding hydrogens is 238 g/mol. The van der Waals surface area contributed by atoms with E-state index in [4.69, 9.17) is 5.26 Å². The van der Waals surface area contributed by atoms with Crippen LogP contribution in [-0.4, -0.2) is 24.0 Å². The van der Waals surface area contributed by atoms with Crippen molar-refractivity contribution in [2.45, 2.75) is 26.8 Å². The minimum Gasteiger partial charge on any atom is -0.334 e. The summed E-state index contributed by atoms with van der Waals surface area (Å²) in [5.41, 5.74) is 1.07. The van der Waals surface area contributed by atoms with E-state index in [1.807, 2.05) is 30.3 Å². The Balaban J connectivity index is 2.49. The summed E-state index contributed by atoms with van der Waals surface area (Å²) in [7, 11) is 0. The first-order valence-electron chi connectivity index (χ1n) is 6.57. The molecule has 4 heteroatoms. The molecule has 0 spiro atoms. The SMILES string of the molecule is CC(C)CN(CCC#N)C(=O)NCc1ccccc1. The second-order valence-corrected chi connectivity index (χ2v) is 4.89. The molecule has 0 aliphatic rings. The maximum absolute atomic E-state index is 12.1. The van der Waals surface area contributed by atoms with Gasteiger partial charge in [0, 0.05) is 19.6 Å². The number of nitrogens with zero attached hydrogens (tertiary/aromatic N) is 2. The van der Waals surface area contributed by atoms with Crippen molar-refractivity contribution in [3.05, 3.63) is 35.9 Å². The van der Waals surface area contributed by atoms with Crippen LogP contribution in [0.25, 0.3) is 0 Å². The molecule has 1 N–H and O–H groups in total. The van der Waals surface area contributed by atoms with Crippen molar-refractivity contribution in [3.8, 4) is 6.07 Å². The van der Waals surface area contributed by atoms with E-state index in [0.29, 0.717) is 32.0 Å². The molecule has 0 fully saturated rings. The van der Waals surface area contributed by atoms with Crippen molar-refractivity contribution in [2.24, 2.45) is 5.92 Å². The fraction of sp³-hybridized carbons (Fsp3) is 0.467. The fourth-order valence-corrected chi connectivity index (χ4v) is 1.79. The van der Waals surface area contributed by atoms with Gasteiger partial charge in [-0.1, -0.05) is 44.2 Å². The third kappa shape index (κ3) is 5.91. The summed E-state index contributed by atoms with van der Waals surface area (Å²) in [5, 5.41) is 11.5. The number of nitrogens with one attached hydrogen (secondary N) is 1. The number of benzene rings is 1. The van der Waals surface area contributed by atoms with E-state index < -0.39 is 0 Å². The van der Waals surface area contributed by atoms with E-state index in [-0.39, 0.29) is 6.03 Å². The normalized spacial score (nSPS) is 10.0. The van der Waals surface area contributed by atoms with Crippen LogP contribution in [0.4, 0.5) is 4.79 Å². The third-order valence-electron chi connectivity index (χ3n) is 2.65. The van der Waals surface area contributed by atoms with Crippen molar-refractivity contribution in [3.63, 3.8) is 0 Å². The van der Waals surface area contributed by atoms with E-state index in [0.717, 1.165) is 5.56 Å². The number of carbonyl (C=O) groups is 1. The number of urea groups is 1. The van der Waals surface area contributed by atoms with Gasteiger partial charge in [-0.2, -0.15) is 5.26 Å². The van der Waals surface area contributed by atoms with Gasteiger partial charge in [-0.3, -0.25) is 0 Å². The number of nitriles is 1. The van der Waals surface area contributed by atoms with E-state index >= 15 is 0 Å². The van der Waals surface area contributed by atoms with Gasteiger partial charge < -0.3 is 10.2 Å². The molecule has 0 aromatic heterocycles. The number of carbonyl (C=O) groups excluding carboxylic acids is 1. The summed E-state index contributed by atoms with van der Waals surface area (Å²) in [4.78, 5) is 13.8. The molecule has 0 unspecified atom stereocenters. The molecule has 1 aromatic carbocycles. The molecule has 0 aliphatic carbocycles. The van der Waals surface area contributed by atoms with Crippen LogP contribution < -0.4 is 5.32 Å². The third-order valence-corrected chi connectivity index (χ3v) is 2.65. The summed E-state index contributed by atoms with van der Waals surface area (Å²) >= 11 is 0. The lowest BCUT2D eigenvalue weighted by atomic mass is 10.2. The Labute approximate surface area is 115 Å². The van der Waals surface area contributed by atoms with Crippen LogP contribution in [0.3, 0.4) is 0 Å². The molecule has 0 saturated heterocycles. The van der Waals surface area contributed by atoms with E-state index in [2.05, 4.69) is 25.2 Å². The zero-order chi connectivity index (χ0) is 14.1. The average molecular weight is 259 g/mol. The summed E-state index contributed by atoms with van der Waals surface area (Å²) in [6.07, 6.45) is 0.367. The minimum absolute atomic E-state index is 0.104. The highest BCUT2D eigenvalue weighted by molar-refractivity contribution is 5.74. The van der Waals surface area contributed by atoms with Crippen LogP contribution in [0.2, 0.25) is 0 Å². The van der Waals surface area contributed by atoms with E-state index in [1.54, 1.807) is 4.90 Å². The largest absolute Gasteiger partial charge is 0.334 e. The lowest BCUT2D eigenvalue weighted by Gasteiger charge is -2.24. The van der Waals surface area contributed by atoms with Gasteiger partial charge in [0.05, 0.1) is 12.5 Å². The van der Waals surface area contributed by atoms with Crippen LogP contribution in [0, 0.1) is 17.2 Å². The maximum atomic E-state index is 12.1. The summed E-state index contributed by atoms with van der Waals surface area (Å²) < 4.78 is 0. The second-order valence-electron chi connectivity index (χ2n) is 4.89. The first kappa shape index (κ1) is 15.0. The molecule has 0 saturated carbocycles. The minimum atomic E-state index is -0.104. The summed E-state index contributed by atoms with van der Waals surface area (Å²) in [5.74, 6) is 0.390. The van der Waals surface area contributed by atoms with Gasteiger partial charge in [0.2, 0.25) is 0 Å². The van der Waals surface area contributed by atoms with Gasteiger partial charge in [-0.05, 0) is 11.5 Å². The number of rotatable bonds is 6. The Morgan fingerprint density at radius 3 is 2.63 bits per heavy atom. The maximum Gasteiger partial charge on any atom is 0.317 e. The molecule has 2 amide bonds. The Morgan fingerprint density at radius 1 is 1.37 bits per heavy atom. The topological polar surface area (TPSA) is 56.1 Å². The molecule has 0 bridgehead atoms. The number of hydrogen-bond donors (Lipinski definition) is 1. The first-order chi connectivity index (χ1) is 9.13. The number of amides is 2. The van der Waals surface area contributed by atoms with E-state index in [9.17, 15) is 4.79 Å². The number of hydrogen-bond acceptors (Lipinski definition) is 2. The summed E-state index contributed by atoms with van der Waals surface area (Å²) in [6.45, 7) is 5.78. The molecule has 0 radical (unpaired) electrons. The van der Waals surface area contributed by atoms with Gasteiger partial charge in [0.15, 0.2) is 0 Å². The summed E-state index contributed by atoms with van der Waals surface area (Å²) in [6, 6.07) is 11.8. The Kier molecular flexibility index (Phi) is 6.45. The zero-order valence-corrected chi connectivity index (χ0v) is 11.6. The highest BCUT2D eigenvalue weighted by Crippen LogP contribution is 2.02. The quantitative estimate of drug-likeness (QED) is 0.854. The molecule has 0 atom stereocenters. The molecule has 0 heterocycles. The van der Waals surface area contributed by atoms with Gasteiger partial charge >= 0.3 is 6.03 Å². The smallest absolute Gasteiger partial charge is 0.317 e. The highest BCUT2D eigenvalue weighted by Gasteiger charge is 2.13. The lowest BCUT2D eigenvalue weighted by Crippen LogP contribution is -2.42. The lowest BCUT2D eigenvalue weighted by molar-refractivity contribution is 0.191. The predicted octanol–water partition coefficient (Wildman–Crippen LogP) is 2.77. The van der Waals surface area contributed by atoms with Crippen molar-refractivity contribution < 1.29 is 4.79 Å². The highest BCUT2D eigenvalue weighted by atomic mass is 16.2. The molecule has 19 heavy (non-hydrogen) atoms. The molecule has 1 aromatic rings. The van der Waals surface area contributed by atoms with Crippen molar-refractivity contribution >= 4 is 6.03 Å². The molecule has 1 rings (SSSR count). The Hall–Kier alpha value is -2.02. The van der Waals surface area contributed by atoms with Gasteiger partial charge in [-0.25, -0.2) is 4.79 Å².